The van der Waals surface area contributed by atoms with Gasteiger partial charge in [0.25, 0.3) is 0 Å². The molecule has 1 amide bonds. The van der Waals surface area contributed by atoms with E-state index in [9.17, 15) is 4.79 Å². The number of anilines is 2. The highest BCUT2D eigenvalue weighted by Crippen LogP contribution is 2.32. The van der Waals surface area contributed by atoms with Crippen molar-refractivity contribution >= 4 is 39.4 Å². The van der Waals surface area contributed by atoms with Crippen molar-refractivity contribution < 1.29 is 9.53 Å². The van der Waals surface area contributed by atoms with E-state index in [1.165, 1.54) is 0 Å². The van der Waals surface area contributed by atoms with Gasteiger partial charge in [-0.25, -0.2) is 9.78 Å². The summed E-state index contributed by atoms with van der Waals surface area (Å²) < 4.78 is 5.48. The molecule has 0 radical (unpaired) electrons. The monoisotopic (exact) mass is 367 g/mol. The van der Waals surface area contributed by atoms with Gasteiger partial charge in [0.1, 0.15) is 11.4 Å². The highest BCUT2D eigenvalue weighted by Gasteiger charge is 2.27. The molecule has 0 bridgehead atoms. The zero-order valence-electron chi connectivity index (χ0n) is 16.0. The van der Waals surface area contributed by atoms with Crippen molar-refractivity contribution in [2.24, 2.45) is 0 Å². The Labute approximate surface area is 158 Å². The number of benzene rings is 1. The van der Waals surface area contributed by atoms with E-state index < -0.39 is 5.60 Å². The van der Waals surface area contributed by atoms with Crippen LogP contribution in [0.25, 0.3) is 21.8 Å². The lowest BCUT2D eigenvalue weighted by atomic mass is 10.1. The Bertz CT molecular complexity index is 997. The van der Waals surface area contributed by atoms with E-state index in [1.54, 1.807) is 4.90 Å². The number of carbonyl (C=O) groups excluding carboxylic acids is 1. The summed E-state index contributed by atoms with van der Waals surface area (Å²) in [7, 11) is 0. The van der Waals surface area contributed by atoms with Crippen molar-refractivity contribution in [3.8, 4) is 0 Å². The summed E-state index contributed by atoms with van der Waals surface area (Å²) in [6, 6.07) is 7.81. The number of piperazine rings is 1. The number of hydrogen-bond donors (Lipinski definition) is 2. The first kappa shape index (κ1) is 17.5. The molecule has 0 unspecified atom stereocenters. The minimum absolute atomic E-state index is 0.254. The Morgan fingerprint density at radius 2 is 1.89 bits per heavy atom. The van der Waals surface area contributed by atoms with Gasteiger partial charge < -0.3 is 25.3 Å². The van der Waals surface area contributed by atoms with Crippen LogP contribution in [0.2, 0.25) is 0 Å². The van der Waals surface area contributed by atoms with Crippen molar-refractivity contribution in [2.45, 2.75) is 26.4 Å². The summed E-state index contributed by atoms with van der Waals surface area (Å²) in [5, 5.41) is 2.09. The zero-order chi connectivity index (χ0) is 19.2. The Morgan fingerprint density at radius 1 is 1.15 bits per heavy atom. The number of H-pyrrole nitrogens is 1. The molecule has 0 saturated carbocycles. The molecular weight excluding hydrogens is 342 g/mol. The van der Waals surface area contributed by atoms with Crippen molar-refractivity contribution in [1.82, 2.24) is 14.9 Å². The number of carbonyl (C=O) groups is 1. The van der Waals surface area contributed by atoms with Crippen LogP contribution in [0.4, 0.5) is 16.3 Å². The van der Waals surface area contributed by atoms with Crippen LogP contribution in [-0.4, -0.2) is 52.7 Å². The van der Waals surface area contributed by atoms with Crippen LogP contribution >= 0.6 is 0 Å². The molecule has 0 aliphatic carbocycles. The molecule has 0 spiro atoms. The molecule has 7 heteroatoms. The summed E-state index contributed by atoms with van der Waals surface area (Å²) in [6.45, 7) is 8.31. The fraction of sp³-hybridized carbons (Fsp3) is 0.400. The average Bonchev–Trinajstić information content (AvgIpc) is 3.10. The van der Waals surface area contributed by atoms with E-state index in [0.29, 0.717) is 26.2 Å². The molecule has 3 aromatic rings. The fourth-order valence-electron chi connectivity index (χ4n) is 3.47. The fourth-order valence-corrected chi connectivity index (χ4v) is 3.47. The molecule has 1 aliphatic heterocycles. The number of nitrogens with zero attached hydrogens (tertiary/aromatic N) is 3. The van der Waals surface area contributed by atoms with E-state index in [0.717, 1.165) is 33.3 Å². The second-order valence-corrected chi connectivity index (χ2v) is 7.93. The smallest absolute Gasteiger partial charge is 0.410 e. The van der Waals surface area contributed by atoms with Crippen LogP contribution in [0.15, 0.2) is 30.5 Å². The van der Waals surface area contributed by atoms with Gasteiger partial charge in [-0.1, -0.05) is 0 Å². The Hall–Kier alpha value is -2.96. The number of fused-ring (bicyclic) bond motifs is 3. The number of hydrogen-bond acceptors (Lipinski definition) is 5. The van der Waals surface area contributed by atoms with Gasteiger partial charge in [0.05, 0.1) is 11.0 Å². The van der Waals surface area contributed by atoms with Gasteiger partial charge in [-0.05, 0) is 45.0 Å². The predicted octanol–water partition coefficient (Wildman–Crippen LogP) is 3.36. The Morgan fingerprint density at radius 3 is 2.59 bits per heavy atom. The van der Waals surface area contributed by atoms with Crippen LogP contribution in [0.3, 0.4) is 0 Å². The first-order valence-corrected chi connectivity index (χ1v) is 9.21. The number of ether oxygens (including phenoxy) is 1. The molecule has 2 aromatic heterocycles. The molecule has 1 saturated heterocycles. The molecule has 142 valence electrons. The number of amides is 1. The summed E-state index contributed by atoms with van der Waals surface area (Å²) in [5.74, 6) is 0.937. The van der Waals surface area contributed by atoms with Crippen LogP contribution in [0, 0.1) is 0 Å². The molecular formula is C20H25N5O2. The third-order valence-corrected chi connectivity index (χ3v) is 4.74. The molecule has 1 fully saturated rings. The third kappa shape index (κ3) is 3.37. The van der Waals surface area contributed by atoms with Gasteiger partial charge >= 0.3 is 6.09 Å². The van der Waals surface area contributed by atoms with Crippen molar-refractivity contribution in [3.05, 3.63) is 30.5 Å². The van der Waals surface area contributed by atoms with Crippen LogP contribution in [0.1, 0.15) is 20.8 Å². The first-order valence-electron chi connectivity index (χ1n) is 9.21. The quantitative estimate of drug-likeness (QED) is 0.644. The van der Waals surface area contributed by atoms with Crippen molar-refractivity contribution in [1.29, 1.82) is 0 Å². The molecule has 0 atom stereocenters. The maximum absolute atomic E-state index is 12.3. The topological polar surface area (TPSA) is 87.5 Å². The zero-order valence-corrected chi connectivity index (χ0v) is 16.0. The van der Waals surface area contributed by atoms with Crippen LogP contribution in [0.5, 0.6) is 0 Å². The van der Waals surface area contributed by atoms with Gasteiger partial charge in [0.2, 0.25) is 0 Å². The minimum Gasteiger partial charge on any atom is -0.444 e. The second kappa shape index (κ2) is 6.33. The summed E-state index contributed by atoms with van der Waals surface area (Å²) in [4.78, 5) is 24.5. The number of rotatable bonds is 1. The highest BCUT2D eigenvalue weighted by atomic mass is 16.6. The maximum Gasteiger partial charge on any atom is 0.410 e. The summed E-state index contributed by atoms with van der Waals surface area (Å²) >= 11 is 0. The Balaban J connectivity index is 1.59. The maximum atomic E-state index is 12.3. The largest absolute Gasteiger partial charge is 0.444 e. The van der Waals surface area contributed by atoms with Crippen LogP contribution < -0.4 is 10.6 Å². The lowest BCUT2D eigenvalue weighted by molar-refractivity contribution is 0.0240. The van der Waals surface area contributed by atoms with E-state index in [1.807, 2.05) is 51.2 Å². The molecule has 3 N–H and O–H groups in total. The van der Waals surface area contributed by atoms with Gasteiger partial charge in [-0.15, -0.1) is 0 Å². The van der Waals surface area contributed by atoms with E-state index >= 15 is 0 Å². The summed E-state index contributed by atoms with van der Waals surface area (Å²) in [5.41, 5.74) is 8.14. The lowest BCUT2D eigenvalue weighted by Crippen LogP contribution is -2.50. The van der Waals surface area contributed by atoms with Gasteiger partial charge in [0, 0.05) is 48.8 Å². The van der Waals surface area contributed by atoms with E-state index in [2.05, 4.69) is 9.88 Å². The minimum atomic E-state index is -0.479. The van der Waals surface area contributed by atoms with E-state index in [-0.39, 0.29) is 6.09 Å². The van der Waals surface area contributed by atoms with Crippen LogP contribution in [-0.2, 0) is 4.74 Å². The third-order valence-electron chi connectivity index (χ3n) is 4.74. The molecule has 4 rings (SSSR count). The molecule has 7 nitrogen and oxygen atoms in total. The molecule has 27 heavy (non-hydrogen) atoms. The normalized spacial score (nSPS) is 15.5. The second-order valence-electron chi connectivity index (χ2n) is 7.93. The molecule has 3 heterocycles. The highest BCUT2D eigenvalue weighted by molar-refractivity contribution is 6.09. The van der Waals surface area contributed by atoms with Gasteiger partial charge in [-0.3, -0.25) is 0 Å². The predicted molar refractivity (Wildman–Crippen MR) is 108 cm³/mol. The van der Waals surface area contributed by atoms with E-state index in [4.69, 9.17) is 15.5 Å². The number of nitrogens with one attached hydrogen (secondary N) is 1. The van der Waals surface area contributed by atoms with Crippen molar-refractivity contribution in [3.63, 3.8) is 0 Å². The summed E-state index contributed by atoms with van der Waals surface area (Å²) in [6.07, 6.45) is 1.67. The van der Waals surface area contributed by atoms with Crippen molar-refractivity contribution in [2.75, 3.05) is 36.8 Å². The Kier molecular flexibility index (Phi) is 4.09. The number of aromatic nitrogens is 2. The first-order chi connectivity index (χ1) is 12.8. The standard InChI is InChI=1S/C20H25N5O2/c1-20(2,3)27-19(26)25-10-8-24(9-11-25)18-14-6-7-22-17(14)15-12-13(21)4-5-16(15)23-18/h4-7,12,22H,8-11,21H2,1-3H3. The SMILES string of the molecule is CC(C)(C)OC(=O)N1CCN(c2nc3ccc(N)cc3c3[nH]ccc23)CC1. The van der Waals surface area contributed by atoms with Gasteiger partial charge in [-0.2, -0.15) is 0 Å². The number of pyridine rings is 1. The lowest BCUT2D eigenvalue weighted by Gasteiger charge is -2.36. The molecule has 1 aromatic carbocycles. The number of aromatic amines is 1. The average molecular weight is 367 g/mol. The number of nitrogens with two attached hydrogens (primary N) is 1. The molecule has 1 aliphatic rings. The van der Waals surface area contributed by atoms with Gasteiger partial charge in [0.15, 0.2) is 0 Å². The number of nitrogen functional groups attached to an aromatic ring is 1.